The number of nitrogens with zero attached hydrogens (tertiary/aromatic N) is 6. The summed E-state index contributed by atoms with van der Waals surface area (Å²) in [7, 11) is 1.42. The van der Waals surface area contributed by atoms with Gasteiger partial charge in [0.25, 0.3) is 0 Å². The molecular weight excluding hydrogens is 406 g/mol. The van der Waals surface area contributed by atoms with Crippen LogP contribution in [-0.4, -0.2) is 63.8 Å². The Morgan fingerprint density at radius 2 is 1.97 bits per heavy atom. The lowest BCUT2D eigenvalue weighted by Gasteiger charge is -2.36. The lowest BCUT2D eigenvalue weighted by molar-refractivity contribution is 0.0601. The van der Waals surface area contributed by atoms with Crippen LogP contribution in [0.5, 0.6) is 0 Å². The molecule has 0 amide bonds. The Bertz CT molecular complexity index is 1100. The van der Waals surface area contributed by atoms with Gasteiger partial charge in [0.1, 0.15) is 11.5 Å². The number of hydrogen-bond donors (Lipinski definition) is 1. The maximum atomic E-state index is 12.6. The Morgan fingerprint density at radius 1 is 1.19 bits per heavy atom. The van der Waals surface area contributed by atoms with E-state index in [9.17, 15) is 4.79 Å². The van der Waals surface area contributed by atoms with Crippen molar-refractivity contribution in [3.63, 3.8) is 0 Å². The predicted octanol–water partition coefficient (Wildman–Crippen LogP) is 2.99. The third-order valence-electron chi connectivity index (χ3n) is 6.49. The molecule has 0 aromatic carbocycles. The highest BCUT2D eigenvalue weighted by atomic mass is 16.5. The summed E-state index contributed by atoms with van der Waals surface area (Å²) < 4.78 is 7.33. The topological polar surface area (TPSA) is 88.4 Å². The number of ether oxygens (including phenoxy) is 1. The molecular formula is C23H29N7O2. The third-order valence-corrected chi connectivity index (χ3v) is 6.49. The summed E-state index contributed by atoms with van der Waals surface area (Å²) in [4.78, 5) is 27.0. The van der Waals surface area contributed by atoms with Gasteiger partial charge in [0.05, 0.1) is 18.1 Å². The van der Waals surface area contributed by atoms with Crippen molar-refractivity contribution in [2.24, 2.45) is 0 Å². The standard InChI is InChI=1S/C23H29N7O2/c1-16-20(22(31)32-2)18-15-26-23(27-21(18)29(16)17-7-3-4-8-17)30(19-9-5-6-10-25-19)28-13-11-24-12-14-28/h5-6,9-10,15,17,24H,3-4,7-8,11-14H2,1-2H3. The quantitative estimate of drug-likeness (QED) is 0.612. The lowest BCUT2D eigenvalue weighted by Crippen LogP contribution is -2.51. The van der Waals surface area contributed by atoms with Crippen LogP contribution in [-0.2, 0) is 4.74 Å². The zero-order valence-electron chi connectivity index (χ0n) is 18.6. The van der Waals surface area contributed by atoms with Crippen molar-refractivity contribution in [3.8, 4) is 0 Å². The maximum Gasteiger partial charge on any atom is 0.340 e. The first-order valence-corrected chi connectivity index (χ1v) is 11.3. The van der Waals surface area contributed by atoms with Crippen molar-refractivity contribution in [2.75, 3.05) is 38.3 Å². The highest BCUT2D eigenvalue weighted by Crippen LogP contribution is 2.37. The monoisotopic (exact) mass is 435 g/mol. The minimum atomic E-state index is -0.343. The van der Waals surface area contributed by atoms with E-state index in [-0.39, 0.29) is 5.97 Å². The number of piperazine rings is 1. The molecule has 0 atom stereocenters. The Hall–Kier alpha value is -3.04. The lowest BCUT2D eigenvalue weighted by atomic mass is 10.2. The van der Waals surface area contributed by atoms with Crippen LogP contribution in [0.1, 0.15) is 47.8 Å². The van der Waals surface area contributed by atoms with Crippen LogP contribution in [0.3, 0.4) is 0 Å². The number of rotatable bonds is 5. The van der Waals surface area contributed by atoms with Gasteiger partial charge in [-0.05, 0) is 31.9 Å². The highest BCUT2D eigenvalue weighted by Gasteiger charge is 2.30. The molecule has 0 spiro atoms. The first-order valence-electron chi connectivity index (χ1n) is 11.3. The van der Waals surface area contributed by atoms with Crippen molar-refractivity contribution in [1.29, 1.82) is 0 Å². The number of pyridine rings is 1. The molecule has 0 unspecified atom stereocenters. The molecule has 2 aliphatic rings. The number of hydrogen-bond acceptors (Lipinski definition) is 8. The minimum absolute atomic E-state index is 0.334. The van der Waals surface area contributed by atoms with Crippen LogP contribution in [0.2, 0.25) is 0 Å². The van der Waals surface area contributed by atoms with Crippen molar-refractivity contribution in [1.82, 2.24) is 29.8 Å². The van der Waals surface area contributed by atoms with E-state index in [1.165, 1.54) is 20.0 Å². The fourth-order valence-corrected chi connectivity index (χ4v) is 4.97. The van der Waals surface area contributed by atoms with E-state index in [0.29, 0.717) is 17.6 Å². The van der Waals surface area contributed by atoms with Crippen molar-refractivity contribution < 1.29 is 9.53 Å². The van der Waals surface area contributed by atoms with Crippen LogP contribution in [0.4, 0.5) is 11.8 Å². The largest absolute Gasteiger partial charge is 0.465 e. The molecule has 3 aromatic rings. The van der Waals surface area contributed by atoms with E-state index in [0.717, 1.165) is 61.6 Å². The fourth-order valence-electron chi connectivity index (χ4n) is 4.97. The zero-order valence-corrected chi connectivity index (χ0v) is 18.6. The van der Waals surface area contributed by atoms with Gasteiger partial charge in [-0.15, -0.1) is 0 Å². The van der Waals surface area contributed by atoms with Gasteiger partial charge in [0.2, 0.25) is 5.95 Å². The van der Waals surface area contributed by atoms with E-state index in [4.69, 9.17) is 14.7 Å². The highest BCUT2D eigenvalue weighted by molar-refractivity contribution is 6.05. The molecule has 0 radical (unpaired) electrons. The third kappa shape index (κ3) is 3.61. The predicted molar refractivity (Wildman–Crippen MR) is 122 cm³/mol. The van der Waals surface area contributed by atoms with Gasteiger partial charge < -0.3 is 14.6 Å². The first kappa shape index (κ1) is 20.8. The molecule has 5 rings (SSSR count). The summed E-state index contributed by atoms with van der Waals surface area (Å²) in [5.74, 6) is 0.994. The van der Waals surface area contributed by atoms with Gasteiger partial charge in [-0.1, -0.05) is 18.9 Å². The van der Waals surface area contributed by atoms with Gasteiger partial charge in [-0.2, -0.15) is 4.98 Å². The Morgan fingerprint density at radius 3 is 2.66 bits per heavy atom. The summed E-state index contributed by atoms with van der Waals surface area (Å²) in [6, 6.07) is 6.18. The molecule has 32 heavy (non-hydrogen) atoms. The second kappa shape index (κ2) is 8.84. The number of fused-ring (bicyclic) bond motifs is 1. The average Bonchev–Trinajstić information content (AvgIpc) is 3.45. The molecule has 168 valence electrons. The number of nitrogens with one attached hydrogen (secondary N) is 1. The van der Waals surface area contributed by atoms with Gasteiger partial charge in [0, 0.05) is 50.3 Å². The second-order valence-electron chi connectivity index (χ2n) is 8.37. The maximum absolute atomic E-state index is 12.6. The zero-order chi connectivity index (χ0) is 22.1. The molecule has 4 heterocycles. The Labute approximate surface area is 187 Å². The number of esters is 1. The van der Waals surface area contributed by atoms with Crippen LogP contribution >= 0.6 is 0 Å². The van der Waals surface area contributed by atoms with Crippen LogP contribution < -0.4 is 10.3 Å². The molecule has 1 saturated carbocycles. The number of aromatic nitrogens is 4. The normalized spacial score (nSPS) is 17.7. The second-order valence-corrected chi connectivity index (χ2v) is 8.37. The van der Waals surface area contributed by atoms with E-state index in [1.807, 2.05) is 30.1 Å². The molecule has 3 aromatic heterocycles. The van der Waals surface area contributed by atoms with Crippen molar-refractivity contribution in [3.05, 3.63) is 41.9 Å². The van der Waals surface area contributed by atoms with Gasteiger partial charge in [-0.3, -0.25) is 0 Å². The molecule has 1 aliphatic carbocycles. The molecule has 1 N–H and O–H groups in total. The van der Waals surface area contributed by atoms with E-state index < -0.39 is 0 Å². The molecule has 2 fully saturated rings. The first-order chi connectivity index (χ1) is 15.7. The summed E-state index contributed by atoms with van der Waals surface area (Å²) in [6.07, 6.45) is 8.11. The number of carbonyl (C=O) groups is 1. The van der Waals surface area contributed by atoms with Crippen molar-refractivity contribution >= 4 is 28.8 Å². The van der Waals surface area contributed by atoms with E-state index >= 15 is 0 Å². The summed E-state index contributed by atoms with van der Waals surface area (Å²) in [5, 5.41) is 8.35. The number of carbonyl (C=O) groups excluding carboxylic acids is 1. The average molecular weight is 436 g/mol. The summed E-state index contributed by atoms with van der Waals surface area (Å²) in [5.41, 5.74) is 2.25. The molecule has 0 bridgehead atoms. The number of methoxy groups -OCH3 is 1. The van der Waals surface area contributed by atoms with Crippen molar-refractivity contribution in [2.45, 2.75) is 38.6 Å². The molecule has 9 nitrogen and oxygen atoms in total. The Balaban J connectivity index is 1.68. The van der Waals surface area contributed by atoms with Crippen LogP contribution in [0.25, 0.3) is 11.0 Å². The minimum Gasteiger partial charge on any atom is -0.465 e. The van der Waals surface area contributed by atoms with Crippen LogP contribution in [0, 0.1) is 6.92 Å². The molecule has 1 aliphatic heterocycles. The van der Waals surface area contributed by atoms with E-state index in [2.05, 4.69) is 19.9 Å². The summed E-state index contributed by atoms with van der Waals surface area (Å²) >= 11 is 0. The van der Waals surface area contributed by atoms with E-state index in [1.54, 1.807) is 12.4 Å². The SMILES string of the molecule is COC(=O)c1c(C)n(C2CCCC2)c2nc(N(c3ccccn3)N3CCNCC3)ncc12. The Kier molecular flexibility index (Phi) is 5.75. The van der Waals surface area contributed by atoms with Crippen LogP contribution in [0.15, 0.2) is 30.6 Å². The summed E-state index contributed by atoms with van der Waals surface area (Å²) in [6.45, 7) is 5.41. The van der Waals surface area contributed by atoms with Gasteiger partial charge in [-0.25, -0.2) is 24.8 Å². The fraction of sp³-hybridized carbons (Fsp3) is 0.478. The number of anilines is 2. The van der Waals surface area contributed by atoms with Gasteiger partial charge >= 0.3 is 5.97 Å². The molecule has 9 heteroatoms. The van der Waals surface area contributed by atoms with Gasteiger partial charge in [0.15, 0.2) is 0 Å². The number of hydrazine groups is 1. The smallest absolute Gasteiger partial charge is 0.340 e. The molecule has 1 saturated heterocycles.